The number of carbonyl (C=O) groups is 1. The maximum atomic E-state index is 12.0. The Bertz CT molecular complexity index is 812. The summed E-state index contributed by atoms with van der Waals surface area (Å²) in [6, 6.07) is 8.96. The van der Waals surface area contributed by atoms with Crippen molar-refractivity contribution in [3.63, 3.8) is 0 Å². The molecule has 0 atom stereocenters. The predicted molar refractivity (Wildman–Crippen MR) is 83.1 cm³/mol. The zero-order chi connectivity index (χ0) is 16.2. The second-order valence-electron chi connectivity index (χ2n) is 4.85. The number of rotatable bonds is 4. The highest BCUT2D eigenvalue weighted by atomic mass is 16.5. The Labute approximate surface area is 133 Å². The van der Waals surface area contributed by atoms with E-state index < -0.39 is 5.97 Å². The van der Waals surface area contributed by atoms with Crippen LogP contribution in [0.4, 0.5) is 0 Å². The molecule has 0 aliphatic heterocycles. The Hall–Kier alpha value is -3.09. The van der Waals surface area contributed by atoms with Crippen LogP contribution in [0, 0.1) is 6.92 Å². The molecule has 0 spiro atoms. The molecule has 0 aromatic carbocycles. The van der Waals surface area contributed by atoms with Crippen molar-refractivity contribution in [3.05, 3.63) is 54.0 Å². The summed E-state index contributed by atoms with van der Waals surface area (Å²) in [5, 5.41) is 12.2. The molecule has 3 heterocycles. The van der Waals surface area contributed by atoms with Crippen LogP contribution in [0.2, 0.25) is 0 Å². The summed E-state index contributed by atoms with van der Waals surface area (Å²) in [6.45, 7) is 4.00. The Morgan fingerprint density at radius 2 is 2.17 bits per heavy atom. The molecule has 3 rings (SSSR count). The van der Waals surface area contributed by atoms with E-state index in [-0.39, 0.29) is 12.3 Å². The van der Waals surface area contributed by atoms with Crippen molar-refractivity contribution >= 4 is 5.97 Å². The summed E-state index contributed by atoms with van der Waals surface area (Å²) in [5.41, 5.74) is 2.58. The molecule has 23 heavy (non-hydrogen) atoms. The van der Waals surface area contributed by atoms with E-state index >= 15 is 0 Å². The number of pyridine rings is 1. The lowest BCUT2D eigenvalue weighted by Gasteiger charge is -2.05. The molecule has 0 aliphatic rings. The highest BCUT2D eigenvalue weighted by molar-refractivity contribution is 5.88. The van der Waals surface area contributed by atoms with Crippen LogP contribution in [0.15, 0.2) is 42.7 Å². The molecular formula is C16H15N5O2. The number of nitrogens with zero attached hydrogens (tertiary/aromatic N) is 5. The first kappa shape index (κ1) is 14.8. The standard InChI is InChI=1S/C16H15N5O2/c1-3-23-16(22)13-9-14(12-7-6-11(2)10-17-12)21(20-13)15-5-4-8-18-19-15/h4-10H,3H2,1-2H3. The van der Waals surface area contributed by atoms with Gasteiger partial charge in [-0.3, -0.25) is 4.98 Å². The second-order valence-corrected chi connectivity index (χ2v) is 4.85. The van der Waals surface area contributed by atoms with Gasteiger partial charge in [0.25, 0.3) is 0 Å². The number of aryl methyl sites for hydroxylation is 1. The van der Waals surface area contributed by atoms with Gasteiger partial charge in [-0.05, 0) is 37.6 Å². The van der Waals surface area contributed by atoms with Gasteiger partial charge in [-0.15, -0.1) is 5.10 Å². The van der Waals surface area contributed by atoms with Gasteiger partial charge >= 0.3 is 5.97 Å². The summed E-state index contributed by atoms with van der Waals surface area (Å²) in [4.78, 5) is 16.4. The second kappa shape index (κ2) is 6.35. The van der Waals surface area contributed by atoms with Crippen molar-refractivity contribution in [2.24, 2.45) is 0 Å². The van der Waals surface area contributed by atoms with Gasteiger partial charge in [-0.1, -0.05) is 6.07 Å². The Balaban J connectivity index is 2.12. The number of ether oxygens (including phenoxy) is 1. The third-order valence-corrected chi connectivity index (χ3v) is 3.14. The van der Waals surface area contributed by atoms with Crippen molar-refractivity contribution in [2.75, 3.05) is 6.61 Å². The smallest absolute Gasteiger partial charge is 0.358 e. The van der Waals surface area contributed by atoms with E-state index in [0.29, 0.717) is 17.2 Å². The third-order valence-electron chi connectivity index (χ3n) is 3.14. The lowest BCUT2D eigenvalue weighted by atomic mass is 10.2. The van der Waals surface area contributed by atoms with Crippen LogP contribution >= 0.6 is 0 Å². The van der Waals surface area contributed by atoms with Crippen LogP contribution in [0.1, 0.15) is 23.0 Å². The molecule has 0 radical (unpaired) electrons. The fourth-order valence-corrected chi connectivity index (χ4v) is 2.07. The zero-order valence-electron chi connectivity index (χ0n) is 12.8. The first-order valence-electron chi connectivity index (χ1n) is 7.17. The van der Waals surface area contributed by atoms with E-state index in [9.17, 15) is 4.79 Å². The fourth-order valence-electron chi connectivity index (χ4n) is 2.07. The van der Waals surface area contributed by atoms with E-state index in [4.69, 9.17) is 4.74 Å². The molecule has 3 aromatic heterocycles. The van der Waals surface area contributed by atoms with Gasteiger partial charge in [0.1, 0.15) is 0 Å². The molecule has 0 saturated carbocycles. The molecule has 7 nitrogen and oxygen atoms in total. The molecule has 0 N–H and O–H groups in total. The minimum atomic E-state index is -0.483. The van der Waals surface area contributed by atoms with E-state index in [2.05, 4.69) is 20.3 Å². The average molecular weight is 309 g/mol. The monoisotopic (exact) mass is 309 g/mol. The number of esters is 1. The van der Waals surface area contributed by atoms with Crippen LogP contribution < -0.4 is 0 Å². The number of carbonyl (C=O) groups excluding carboxylic acids is 1. The molecular weight excluding hydrogens is 294 g/mol. The molecule has 0 amide bonds. The molecule has 0 bridgehead atoms. The fraction of sp³-hybridized carbons (Fsp3) is 0.188. The topological polar surface area (TPSA) is 82.8 Å². The van der Waals surface area contributed by atoms with Gasteiger partial charge in [0.2, 0.25) is 0 Å². The van der Waals surface area contributed by atoms with Crippen LogP contribution in [0.3, 0.4) is 0 Å². The average Bonchev–Trinajstić information content (AvgIpc) is 3.02. The highest BCUT2D eigenvalue weighted by Gasteiger charge is 2.18. The third kappa shape index (κ3) is 3.08. The quantitative estimate of drug-likeness (QED) is 0.687. The van der Waals surface area contributed by atoms with E-state index in [1.807, 2.05) is 19.1 Å². The summed E-state index contributed by atoms with van der Waals surface area (Å²) in [6.07, 6.45) is 3.33. The highest BCUT2D eigenvalue weighted by Crippen LogP contribution is 2.22. The van der Waals surface area contributed by atoms with Gasteiger partial charge < -0.3 is 4.74 Å². The number of hydrogen-bond donors (Lipinski definition) is 0. The Morgan fingerprint density at radius 1 is 1.30 bits per heavy atom. The lowest BCUT2D eigenvalue weighted by molar-refractivity contribution is 0.0519. The van der Waals surface area contributed by atoms with Crippen LogP contribution in [0.5, 0.6) is 0 Å². The van der Waals surface area contributed by atoms with Gasteiger partial charge in [-0.25, -0.2) is 9.48 Å². The summed E-state index contributed by atoms with van der Waals surface area (Å²) in [5.74, 6) is 0.0175. The van der Waals surface area contributed by atoms with E-state index in [1.54, 1.807) is 37.5 Å². The van der Waals surface area contributed by atoms with Crippen molar-refractivity contribution < 1.29 is 9.53 Å². The van der Waals surface area contributed by atoms with Gasteiger partial charge in [0, 0.05) is 18.5 Å². The largest absolute Gasteiger partial charge is 0.461 e. The first-order chi connectivity index (χ1) is 11.2. The SMILES string of the molecule is CCOC(=O)c1cc(-c2ccc(C)cn2)n(-c2cccnn2)n1. The van der Waals surface area contributed by atoms with Crippen molar-refractivity contribution in [1.82, 2.24) is 25.0 Å². The molecule has 0 unspecified atom stereocenters. The lowest BCUT2D eigenvalue weighted by Crippen LogP contribution is -2.07. The molecule has 0 aliphatic carbocycles. The van der Waals surface area contributed by atoms with Crippen LogP contribution in [-0.4, -0.2) is 37.5 Å². The molecule has 116 valence electrons. The first-order valence-corrected chi connectivity index (χ1v) is 7.17. The van der Waals surface area contributed by atoms with Crippen molar-refractivity contribution in [3.8, 4) is 17.2 Å². The summed E-state index contributed by atoms with van der Waals surface area (Å²) >= 11 is 0. The predicted octanol–water partition coefficient (Wildman–Crippen LogP) is 2.21. The van der Waals surface area contributed by atoms with Gasteiger partial charge in [-0.2, -0.15) is 10.2 Å². The number of aromatic nitrogens is 5. The van der Waals surface area contributed by atoms with Crippen LogP contribution in [0.25, 0.3) is 17.2 Å². The summed E-state index contributed by atoms with van der Waals surface area (Å²) < 4.78 is 6.55. The van der Waals surface area contributed by atoms with E-state index in [1.165, 1.54) is 4.68 Å². The van der Waals surface area contributed by atoms with Gasteiger partial charge in [0.15, 0.2) is 11.5 Å². The minimum Gasteiger partial charge on any atom is -0.461 e. The molecule has 0 fully saturated rings. The van der Waals surface area contributed by atoms with Crippen molar-refractivity contribution in [1.29, 1.82) is 0 Å². The molecule has 7 heteroatoms. The minimum absolute atomic E-state index is 0.204. The maximum absolute atomic E-state index is 12.0. The summed E-state index contributed by atoms with van der Waals surface area (Å²) in [7, 11) is 0. The maximum Gasteiger partial charge on any atom is 0.358 e. The zero-order valence-corrected chi connectivity index (χ0v) is 12.8. The normalized spacial score (nSPS) is 10.5. The van der Waals surface area contributed by atoms with E-state index in [0.717, 1.165) is 5.56 Å². The Morgan fingerprint density at radius 3 is 2.83 bits per heavy atom. The molecule has 0 saturated heterocycles. The van der Waals surface area contributed by atoms with Crippen molar-refractivity contribution in [2.45, 2.75) is 13.8 Å². The van der Waals surface area contributed by atoms with Gasteiger partial charge in [0.05, 0.1) is 18.0 Å². The molecule has 3 aromatic rings. The van der Waals surface area contributed by atoms with Crippen LogP contribution in [-0.2, 0) is 4.74 Å². The Kier molecular flexibility index (Phi) is 4.09. The number of hydrogen-bond acceptors (Lipinski definition) is 6.